The van der Waals surface area contributed by atoms with Crippen LogP contribution in [-0.4, -0.2) is 7.11 Å². The van der Waals surface area contributed by atoms with Crippen molar-refractivity contribution in [2.45, 2.75) is 6.92 Å². The number of methoxy groups -OCH3 is 1. The van der Waals surface area contributed by atoms with Gasteiger partial charge in [0.15, 0.2) is 5.75 Å². The second-order valence-corrected chi connectivity index (χ2v) is 4.81. The Balaban J connectivity index is 2.84. The van der Waals surface area contributed by atoms with Gasteiger partial charge in [-0.3, -0.25) is 0 Å². The molecule has 19 heavy (non-hydrogen) atoms. The van der Waals surface area contributed by atoms with E-state index in [9.17, 15) is 9.65 Å². The van der Waals surface area contributed by atoms with Crippen LogP contribution in [0.1, 0.15) is 11.1 Å². The minimum Gasteiger partial charge on any atom is -0.494 e. The maximum absolute atomic E-state index is 14.5. The Morgan fingerprint density at radius 1 is 1.26 bits per heavy atom. The molecule has 0 heterocycles. The van der Waals surface area contributed by atoms with Crippen LogP contribution in [0.5, 0.6) is 5.75 Å². The maximum Gasteiger partial charge on any atom is 0.154 e. The molecule has 0 radical (unpaired) electrons. The van der Waals surface area contributed by atoms with Gasteiger partial charge in [-0.1, -0.05) is 30.3 Å². The monoisotopic (exact) mass is 319 g/mol. The van der Waals surface area contributed by atoms with Crippen molar-refractivity contribution in [2.75, 3.05) is 7.11 Å². The summed E-state index contributed by atoms with van der Waals surface area (Å²) in [6.07, 6.45) is 0. The second-order valence-electron chi connectivity index (χ2n) is 4.01. The van der Waals surface area contributed by atoms with E-state index in [0.717, 1.165) is 5.56 Å². The minimum atomic E-state index is -0.417. The lowest BCUT2D eigenvalue weighted by atomic mass is 9.95. The summed E-state index contributed by atoms with van der Waals surface area (Å²) in [5.41, 5.74) is 2.07. The van der Waals surface area contributed by atoms with E-state index >= 15 is 0 Å². The average molecular weight is 320 g/mol. The van der Waals surface area contributed by atoms with Gasteiger partial charge in [0.05, 0.1) is 17.1 Å². The number of rotatable bonds is 2. The third-order valence-corrected chi connectivity index (χ3v) is 3.68. The third-order valence-electron chi connectivity index (χ3n) is 2.97. The lowest BCUT2D eigenvalue weighted by Crippen LogP contribution is -2.00. The van der Waals surface area contributed by atoms with Gasteiger partial charge in [0, 0.05) is 5.56 Å². The summed E-state index contributed by atoms with van der Waals surface area (Å²) in [5, 5.41) is 9.24. The Bertz CT molecular complexity index is 662. The molecule has 0 fully saturated rings. The number of hydrogen-bond acceptors (Lipinski definition) is 2. The second kappa shape index (κ2) is 5.41. The van der Waals surface area contributed by atoms with Gasteiger partial charge in [-0.05, 0) is 34.0 Å². The van der Waals surface area contributed by atoms with E-state index in [-0.39, 0.29) is 10.2 Å². The highest BCUT2D eigenvalue weighted by molar-refractivity contribution is 9.10. The summed E-state index contributed by atoms with van der Waals surface area (Å²) in [5.74, 6) is -0.184. The van der Waals surface area contributed by atoms with Gasteiger partial charge in [0.25, 0.3) is 0 Å². The lowest BCUT2D eigenvalue weighted by molar-refractivity contribution is 0.406. The van der Waals surface area contributed by atoms with E-state index in [1.165, 1.54) is 7.11 Å². The molecule has 0 aliphatic carbocycles. The van der Waals surface area contributed by atoms with E-state index < -0.39 is 5.82 Å². The summed E-state index contributed by atoms with van der Waals surface area (Å²) >= 11 is 3.16. The van der Waals surface area contributed by atoms with Gasteiger partial charge in [-0.25, -0.2) is 4.39 Å². The molecule has 0 atom stereocenters. The Labute approximate surface area is 119 Å². The fraction of sp³-hybridized carbons (Fsp3) is 0.133. The number of benzene rings is 2. The van der Waals surface area contributed by atoms with Gasteiger partial charge >= 0.3 is 0 Å². The first-order chi connectivity index (χ1) is 9.11. The van der Waals surface area contributed by atoms with Crippen LogP contribution in [0.15, 0.2) is 34.8 Å². The van der Waals surface area contributed by atoms with Gasteiger partial charge < -0.3 is 4.74 Å². The van der Waals surface area contributed by atoms with Gasteiger partial charge in [0.2, 0.25) is 0 Å². The van der Waals surface area contributed by atoms with Crippen molar-refractivity contribution in [1.82, 2.24) is 0 Å². The summed E-state index contributed by atoms with van der Waals surface area (Å²) in [4.78, 5) is 0. The SMILES string of the molecule is COc1c(Br)c(F)c(-c2ccccc2)c(C)c1C#N. The number of hydrogen-bond donors (Lipinski definition) is 0. The first-order valence-electron chi connectivity index (χ1n) is 5.62. The third kappa shape index (κ3) is 2.22. The molecule has 2 nitrogen and oxygen atoms in total. The largest absolute Gasteiger partial charge is 0.494 e. The first kappa shape index (κ1) is 13.6. The standard InChI is InChI=1S/C15H11BrFNO/c1-9-11(8-18)15(19-2)13(16)14(17)12(9)10-6-4-3-5-7-10/h3-7H,1-2H3. The molecular formula is C15H11BrFNO. The van der Waals surface area contributed by atoms with E-state index in [4.69, 9.17) is 4.74 Å². The quantitative estimate of drug-likeness (QED) is 0.819. The van der Waals surface area contributed by atoms with Gasteiger partial charge in [-0.2, -0.15) is 5.26 Å². The molecule has 0 amide bonds. The molecule has 0 unspecified atom stereocenters. The predicted molar refractivity (Wildman–Crippen MR) is 75.5 cm³/mol. The van der Waals surface area contributed by atoms with Crippen molar-refractivity contribution in [2.24, 2.45) is 0 Å². The summed E-state index contributed by atoms with van der Waals surface area (Å²) < 4.78 is 19.8. The molecule has 96 valence electrons. The van der Waals surface area contributed by atoms with Crippen molar-refractivity contribution < 1.29 is 9.13 Å². The fourth-order valence-electron chi connectivity index (χ4n) is 2.05. The van der Waals surface area contributed by atoms with Crippen molar-refractivity contribution in [3.8, 4) is 22.9 Å². The fourth-order valence-corrected chi connectivity index (χ4v) is 2.61. The average Bonchev–Trinajstić information content (AvgIpc) is 2.44. The summed E-state index contributed by atoms with van der Waals surface area (Å²) in [7, 11) is 1.42. The molecule has 0 aromatic heterocycles. The highest BCUT2D eigenvalue weighted by atomic mass is 79.9. The number of nitrogens with zero attached hydrogens (tertiary/aromatic N) is 1. The Kier molecular flexibility index (Phi) is 3.87. The maximum atomic E-state index is 14.5. The van der Waals surface area contributed by atoms with Crippen LogP contribution in [0, 0.1) is 24.1 Å². The predicted octanol–water partition coefficient (Wildman–Crippen LogP) is 4.44. The molecule has 0 saturated carbocycles. The summed E-state index contributed by atoms with van der Waals surface area (Å²) in [6.45, 7) is 1.72. The minimum absolute atomic E-state index is 0.177. The molecule has 2 aromatic rings. The highest BCUT2D eigenvalue weighted by Gasteiger charge is 2.22. The number of ether oxygens (including phenoxy) is 1. The van der Waals surface area contributed by atoms with Crippen molar-refractivity contribution in [3.05, 3.63) is 51.7 Å². The van der Waals surface area contributed by atoms with Crippen LogP contribution >= 0.6 is 15.9 Å². The van der Waals surface area contributed by atoms with Crippen LogP contribution < -0.4 is 4.74 Å². The van der Waals surface area contributed by atoms with Crippen LogP contribution in [0.3, 0.4) is 0 Å². The molecule has 2 rings (SSSR count). The van der Waals surface area contributed by atoms with Crippen LogP contribution in [-0.2, 0) is 0 Å². The molecule has 0 N–H and O–H groups in total. The molecule has 0 bridgehead atoms. The van der Waals surface area contributed by atoms with E-state index in [0.29, 0.717) is 16.7 Å². The molecule has 0 aliphatic rings. The Morgan fingerprint density at radius 2 is 1.89 bits per heavy atom. The highest BCUT2D eigenvalue weighted by Crippen LogP contribution is 2.40. The lowest BCUT2D eigenvalue weighted by Gasteiger charge is -2.15. The zero-order valence-electron chi connectivity index (χ0n) is 10.5. The van der Waals surface area contributed by atoms with Crippen molar-refractivity contribution in [1.29, 1.82) is 5.26 Å². The molecule has 0 saturated heterocycles. The molecule has 0 aliphatic heterocycles. The number of halogens is 2. The molecule has 0 spiro atoms. The topological polar surface area (TPSA) is 33.0 Å². The van der Waals surface area contributed by atoms with Crippen LogP contribution in [0.25, 0.3) is 11.1 Å². The summed E-state index contributed by atoms with van der Waals surface area (Å²) in [6, 6.07) is 11.2. The normalized spacial score (nSPS) is 10.1. The van der Waals surface area contributed by atoms with E-state index in [1.54, 1.807) is 6.92 Å². The van der Waals surface area contributed by atoms with Gasteiger partial charge in [0.1, 0.15) is 11.9 Å². The van der Waals surface area contributed by atoms with E-state index in [2.05, 4.69) is 22.0 Å². The van der Waals surface area contributed by atoms with Crippen LogP contribution in [0.4, 0.5) is 4.39 Å². The zero-order valence-corrected chi connectivity index (χ0v) is 12.1. The molecular weight excluding hydrogens is 309 g/mol. The Hall–Kier alpha value is -1.86. The van der Waals surface area contributed by atoms with Crippen LogP contribution in [0.2, 0.25) is 0 Å². The first-order valence-corrected chi connectivity index (χ1v) is 6.42. The zero-order chi connectivity index (χ0) is 14.0. The smallest absolute Gasteiger partial charge is 0.154 e. The molecule has 4 heteroatoms. The number of nitriles is 1. The van der Waals surface area contributed by atoms with Gasteiger partial charge in [-0.15, -0.1) is 0 Å². The molecule has 2 aromatic carbocycles. The van der Waals surface area contributed by atoms with Crippen molar-refractivity contribution >= 4 is 15.9 Å². The van der Waals surface area contributed by atoms with E-state index in [1.807, 2.05) is 30.3 Å². The Morgan fingerprint density at radius 3 is 2.42 bits per heavy atom. The van der Waals surface area contributed by atoms with Crippen molar-refractivity contribution in [3.63, 3.8) is 0 Å².